The van der Waals surface area contributed by atoms with Crippen LogP contribution in [0, 0.1) is 20.8 Å². The zero-order valence-electron chi connectivity index (χ0n) is 16.4. The molecule has 0 saturated carbocycles. The van der Waals surface area contributed by atoms with Crippen molar-refractivity contribution >= 4 is 0 Å². The van der Waals surface area contributed by atoms with Crippen molar-refractivity contribution in [2.24, 2.45) is 0 Å². The lowest BCUT2D eigenvalue weighted by Gasteiger charge is -2.26. The molecule has 0 aliphatic rings. The average molecular weight is 344 g/mol. The largest absolute Gasteiger partial charge is 0.507 e. The molecule has 2 unspecified atom stereocenters. The molecular formula is C25H28O. The number of hydrogen-bond acceptors (Lipinski definition) is 1. The molecule has 3 aromatic carbocycles. The van der Waals surface area contributed by atoms with E-state index in [1.165, 1.54) is 27.8 Å². The molecule has 0 heterocycles. The topological polar surface area (TPSA) is 20.2 Å². The van der Waals surface area contributed by atoms with Gasteiger partial charge in [-0.05, 0) is 48.6 Å². The van der Waals surface area contributed by atoms with Gasteiger partial charge in [0.2, 0.25) is 0 Å². The van der Waals surface area contributed by atoms with Crippen molar-refractivity contribution < 1.29 is 5.11 Å². The normalized spacial score (nSPS) is 13.4. The number of phenols is 1. The highest BCUT2D eigenvalue weighted by Gasteiger charge is 2.25. The van der Waals surface area contributed by atoms with Crippen LogP contribution in [0.25, 0.3) is 0 Å². The molecule has 1 nitrogen and oxygen atoms in total. The first-order valence-electron chi connectivity index (χ1n) is 9.35. The average Bonchev–Trinajstić information content (AvgIpc) is 2.67. The Balaban J connectivity index is 2.20. The minimum Gasteiger partial charge on any atom is -0.507 e. The van der Waals surface area contributed by atoms with Crippen LogP contribution in [-0.2, 0) is 0 Å². The molecule has 0 saturated heterocycles. The van der Waals surface area contributed by atoms with E-state index in [2.05, 4.69) is 83.1 Å². The second-order valence-corrected chi connectivity index (χ2v) is 7.32. The van der Waals surface area contributed by atoms with Gasteiger partial charge in [-0.25, -0.2) is 0 Å². The summed E-state index contributed by atoms with van der Waals surface area (Å²) in [6.45, 7) is 10.8. The first-order chi connectivity index (χ1) is 12.4. The van der Waals surface area contributed by atoms with Gasteiger partial charge in [0.05, 0.1) is 0 Å². The summed E-state index contributed by atoms with van der Waals surface area (Å²) in [7, 11) is 0. The van der Waals surface area contributed by atoms with Gasteiger partial charge in [0.1, 0.15) is 5.75 Å². The Morgan fingerprint density at radius 3 is 1.27 bits per heavy atom. The van der Waals surface area contributed by atoms with Crippen LogP contribution >= 0.6 is 0 Å². The van der Waals surface area contributed by atoms with Crippen molar-refractivity contribution in [3.8, 4) is 5.75 Å². The number of aromatic hydroxyl groups is 1. The van der Waals surface area contributed by atoms with E-state index in [-0.39, 0.29) is 11.8 Å². The monoisotopic (exact) mass is 344 g/mol. The molecule has 26 heavy (non-hydrogen) atoms. The Morgan fingerprint density at radius 2 is 0.923 bits per heavy atom. The molecule has 0 aliphatic carbocycles. The Bertz CT molecular complexity index is 822. The van der Waals surface area contributed by atoms with Crippen molar-refractivity contribution in [1.82, 2.24) is 0 Å². The van der Waals surface area contributed by atoms with Crippen molar-refractivity contribution in [2.45, 2.75) is 46.5 Å². The van der Waals surface area contributed by atoms with Crippen molar-refractivity contribution in [3.63, 3.8) is 0 Å². The van der Waals surface area contributed by atoms with Gasteiger partial charge in [0, 0.05) is 23.0 Å². The number of rotatable bonds is 4. The van der Waals surface area contributed by atoms with Crippen molar-refractivity contribution in [3.05, 3.63) is 99.6 Å². The van der Waals surface area contributed by atoms with E-state index < -0.39 is 0 Å². The summed E-state index contributed by atoms with van der Waals surface area (Å²) in [5.74, 6) is 0.757. The third-order valence-corrected chi connectivity index (χ3v) is 5.91. The summed E-state index contributed by atoms with van der Waals surface area (Å²) in [5.41, 5.74) is 8.23. The van der Waals surface area contributed by atoms with Crippen LogP contribution in [0.4, 0.5) is 0 Å². The van der Waals surface area contributed by atoms with Gasteiger partial charge in [0.25, 0.3) is 0 Å². The molecule has 0 radical (unpaired) electrons. The van der Waals surface area contributed by atoms with E-state index >= 15 is 0 Å². The predicted octanol–water partition coefficient (Wildman–Crippen LogP) is 6.62. The van der Waals surface area contributed by atoms with Crippen LogP contribution in [-0.4, -0.2) is 5.11 Å². The summed E-state index contributed by atoms with van der Waals surface area (Å²) < 4.78 is 0. The van der Waals surface area contributed by atoms with Gasteiger partial charge in [-0.1, -0.05) is 74.5 Å². The SMILES string of the molecule is Cc1c(C)c(C(C)c2ccccc2)c(O)c(C(C)c2ccccc2)c1C. The van der Waals surface area contributed by atoms with Crippen molar-refractivity contribution in [2.75, 3.05) is 0 Å². The third-order valence-electron chi connectivity index (χ3n) is 5.91. The summed E-state index contributed by atoms with van der Waals surface area (Å²) in [6, 6.07) is 20.9. The van der Waals surface area contributed by atoms with Gasteiger partial charge < -0.3 is 5.11 Å². The fraction of sp³-hybridized carbons (Fsp3) is 0.280. The molecule has 2 atom stereocenters. The maximum atomic E-state index is 11.3. The minimum atomic E-state index is 0.150. The van der Waals surface area contributed by atoms with Gasteiger partial charge in [-0.3, -0.25) is 0 Å². The molecule has 134 valence electrons. The van der Waals surface area contributed by atoms with E-state index in [0.717, 1.165) is 11.1 Å². The van der Waals surface area contributed by atoms with Crippen LogP contribution in [0.2, 0.25) is 0 Å². The first kappa shape index (κ1) is 18.3. The maximum absolute atomic E-state index is 11.3. The van der Waals surface area contributed by atoms with Crippen LogP contribution in [0.15, 0.2) is 60.7 Å². The van der Waals surface area contributed by atoms with Crippen LogP contribution in [0.1, 0.15) is 64.6 Å². The molecule has 3 rings (SSSR count). The van der Waals surface area contributed by atoms with E-state index in [0.29, 0.717) is 5.75 Å². The number of hydrogen-bond donors (Lipinski definition) is 1. The molecule has 1 N–H and O–H groups in total. The van der Waals surface area contributed by atoms with E-state index in [4.69, 9.17) is 0 Å². The molecule has 0 aromatic heterocycles. The molecule has 3 aromatic rings. The van der Waals surface area contributed by atoms with Crippen LogP contribution in [0.5, 0.6) is 5.75 Å². The lowest BCUT2D eigenvalue weighted by molar-refractivity contribution is 0.455. The fourth-order valence-corrected chi connectivity index (χ4v) is 4.06. The molecule has 0 amide bonds. The Hall–Kier alpha value is -2.54. The first-order valence-corrected chi connectivity index (χ1v) is 9.35. The lowest BCUT2D eigenvalue weighted by atomic mass is 9.79. The highest BCUT2D eigenvalue weighted by atomic mass is 16.3. The predicted molar refractivity (Wildman–Crippen MR) is 110 cm³/mol. The number of benzene rings is 3. The fourth-order valence-electron chi connectivity index (χ4n) is 4.06. The quantitative estimate of drug-likeness (QED) is 0.564. The standard InChI is InChI=1S/C25H28O/c1-16-17(2)23(19(4)21-12-8-6-9-13-21)25(26)24(18(16)3)20(5)22-14-10-7-11-15-22/h6-15,19-20,26H,1-5H3. The van der Waals surface area contributed by atoms with E-state index in [1.54, 1.807) is 0 Å². The van der Waals surface area contributed by atoms with Gasteiger partial charge in [-0.15, -0.1) is 0 Å². The summed E-state index contributed by atoms with van der Waals surface area (Å²) in [6.07, 6.45) is 0. The van der Waals surface area contributed by atoms with Gasteiger partial charge in [0.15, 0.2) is 0 Å². The molecule has 0 bridgehead atoms. The second kappa shape index (κ2) is 7.37. The smallest absolute Gasteiger partial charge is 0.123 e. The second-order valence-electron chi connectivity index (χ2n) is 7.32. The zero-order chi connectivity index (χ0) is 18.8. The van der Waals surface area contributed by atoms with Crippen LogP contribution in [0.3, 0.4) is 0 Å². The summed E-state index contributed by atoms with van der Waals surface area (Å²) in [5, 5.41) is 11.3. The molecule has 0 fully saturated rings. The van der Waals surface area contributed by atoms with Crippen LogP contribution < -0.4 is 0 Å². The minimum absolute atomic E-state index is 0.150. The van der Waals surface area contributed by atoms with Crippen molar-refractivity contribution in [1.29, 1.82) is 0 Å². The maximum Gasteiger partial charge on any atom is 0.123 e. The van der Waals surface area contributed by atoms with E-state index in [1.807, 2.05) is 12.1 Å². The number of phenolic OH excluding ortho intramolecular Hbond substituents is 1. The zero-order valence-corrected chi connectivity index (χ0v) is 16.4. The highest BCUT2D eigenvalue weighted by Crippen LogP contribution is 2.44. The summed E-state index contributed by atoms with van der Waals surface area (Å²) in [4.78, 5) is 0. The highest BCUT2D eigenvalue weighted by molar-refractivity contribution is 5.59. The lowest BCUT2D eigenvalue weighted by Crippen LogP contribution is -2.09. The summed E-state index contributed by atoms with van der Waals surface area (Å²) >= 11 is 0. The van der Waals surface area contributed by atoms with E-state index in [9.17, 15) is 5.11 Å². The van der Waals surface area contributed by atoms with Gasteiger partial charge >= 0.3 is 0 Å². The Labute approximate surface area is 157 Å². The molecular weight excluding hydrogens is 316 g/mol. The molecule has 0 spiro atoms. The Morgan fingerprint density at radius 1 is 0.577 bits per heavy atom. The third kappa shape index (κ3) is 3.14. The Kier molecular flexibility index (Phi) is 5.18. The molecule has 1 heteroatoms. The molecule has 0 aliphatic heterocycles. The van der Waals surface area contributed by atoms with Gasteiger partial charge in [-0.2, -0.15) is 0 Å².